The molecule has 1 fully saturated rings. The number of fused-ring (bicyclic) bond motifs is 1. The molecule has 2 aromatic carbocycles. The number of carbonyl (C=O) groups is 1. The van der Waals surface area contributed by atoms with E-state index in [-0.39, 0.29) is 23.3 Å². The van der Waals surface area contributed by atoms with Crippen molar-refractivity contribution in [2.75, 3.05) is 0 Å². The topological polar surface area (TPSA) is 69.6 Å². The van der Waals surface area contributed by atoms with Crippen LogP contribution in [-0.2, 0) is 10.2 Å². The lowest BCUT2D eigenvalue weighted by molar-refractivity contribution is -0.123. The smallest absolute Gasteiger partial charge is 0.239 e. The second-order valence-corrected chi connectivity index (χ2v) is 7.10. The Morgan fingerprint density at radius 2 is 1.58 bits per heavy atom. The van der Waals surface area contributed by atoms with Gasteiger partial charge in [-0.15, -0.1) is 0 Å². The van der Waals surface area contributed by atoms with E-state index < -0.39 is 5.41 Å². The summed E-state index contributed by atoms with van der Waals surface area (Å²) in [5.41, 5.74) is 3.17. The van der Waals surface area contributed by atoms with Gasteiger partial charge in [-0.1, -0.05) is 36.4 Å². The van der Waals surface area contributed by atoms with E-state index in [1.807, 2.05) is 50.3 Å². The van der Waals surface area contributed by atoms with Crippen molar-refractivity contribution in [1.82, 2.24) is 5.32 Å². The summed E-state index contributed by atoms with van der Waals surface area (Å²) in [4.78, 5) is 13.4. The lowest BCUT2D eigenvalue weighted by Gasteiger charge is -2.34. The number of hydrogen-bond acceptors (Lipinski definition) is 3. The Morgan fingerprint density at radius 1 is 1.00 bits per heavy atom. The molecule has 1 aliphatic carbocycles. The summed E-state index contributed by atoms with van der Waals surface area (Å²) in [6, 6.07) is 10.7. The Morgan fingerprint density at radius 3 is 2.12 bits per heavy atom. The van der Waals surface area contributed by atoms with Gasteiger partial charge in [-0.2, -0.15) is 0 Å². The molecule has 0 aromatic heterocycles. The van der Waals surface area contributed by atoms with E-state index in [0.717, 1.165) is 34.4 Å². The summed E-state index contributed by atoms with van der Waals surface area (Å²) in [6.45, 7) is 3.66. The van der Waals surface area contributed by atoms with Crippen LogP contribution in [0.15, 0.2) is 60.3 Å². The van der Waals surface area contributed by atoms with Crippen LogP contribution in [0.3, 0.4) is 0 Å². The predicted molar refractivity (Wildman–Crippen MR) is 99.9 cm³/mol. The minimum atomic E-state index is -0.895. The third-order valence-electron chi connectivity index (χ3n) is 5.60. The summed E-state index contributed by atoms with van der Waals surface area (Å²) in [5.74, 6) is 0.299. The third kappa shape index (κ3) is 2.18. The van der Waals surface area contributed by atoms with Crippen molar-refractivity contribution in [2.45, 2.75) is 25.7 Å². The van der Waals surface area contributed by atoms with Crippen molar-refractivity contribution in [2.24, 2.45) is 5.92 Å². The number of amides is 1. The molecule has 4 rings (SSSR count). The molecule has 0 bridgehead atoms. The van der Waals surface area contributed by atoms with Crippen LogP contribution in [0.4, 0.5) is 0 Å². The molecule has 4 nitrogen and oxygen atoms in total. The van der Waals surface area contributed by atoms with E-state index in [0.29, 0.717) is 0 Å². The van der Waals surface area contributed by atoms with Crippen molar-refractivity contribution >= 4 is 5.91 Å². The highest BCUT2D eigenvalue weighted by Crippen LogP contribution is 2.50. The van der Waals surface area contributed by atoms with E-state index in [9.17, 15) is 15.0 Å². The second kappa shape index (κ2) is 5.77. The van der Waals surface area contributed by atoms with E-state index in [1.165, 1.54) is 0 Å². The van der Waals surface area contributed by atoms with Gasteiger partial charge < -0.3 is 15.5 Å². The van der Waals surface area contributed by atoms with Gasteiger partial charge in [0.2, 0.25) is 5.91 Å². The number of nitrogens with one attached hydrogen (secondary N) is 1. The number of aromatic hydroxyl groups is 2. The molecule has 1 saturated heterocycles. The second-order valence-electron chi connectivity index (χ2n) is 7.10. The van der Waals surface area contributed by atoms with Crippen LogP contribution in [0.5, 0.6) is 11.5 Å². The molecule has 1 unspecified atom stereocenters. The van der Waals surface area contributed by atoms with Crippen LogP contribution in [0.2, 0.25) is 0 Å². The molecule has 0 radical (unpaired) electrons. The Kier molecular flexibility index (Phi) is 3.65. The fourth-order valence-electron chi connectivity index (χ4n) is 4.19. The number of phenolic OH excluding ortho intramolecular Hbond substituents is 2. The first-order chi connectivity index (χ1) is 12.4. The molecule has 0 saturated carbocycles. The highest BCUT2D eigenvalue weighted by molar-refractivity contribution is 5.97. The zero-order valence-electron chi connectivity index (χ0n) is 14.8. The number of allylic oxidation sites excluding steroid dienone is 4. The van der Waals surface area contributed by atoms with Gasteiger partial charge in [-0.3, -0.25) is 4.79 Å². The molecule has 1 atom stereocenters. The summed E-state index contributed by atoms with van der Waals surface area (Å²) in [5, 5.41) is 23.0. The Hall–Kier alpha value is -3.01. The number of phenols is 2. The lowest BCUT2D eigenvalue weighted by Crippen LogP contribution is -2.41. The van der Waals surface area contributed by atoms with Gasteiger partial charge in [-0.05, 0) is 60.7 Å². The van der Waals surface area contributed by atoms with Gasteiger partial charge in [0.1, 0.15) is 16.9 Å². The highest BCUT2D eigenvalue weighted by atomic mass is 16.3. The molecule has 2 aromatic rings. The molecule has 1 amide bonds. The largest absolute Gasteiger partial charge is 0.508 e. The Balaban J connectivity index is 2.02. The Labute approximate surface area is 152 Å². The van der Waals surface area contributed by atoms with Crippen molar-refractivity contribution in [3.05, 3.63) is 82.6 Å². The fraction of sp³-hybridized carbons (Fsp3) is 0.227. The summed E-state index contributed by atoms with van der Waals surface area (Å²) < 4.78 is 0. The molecular formula is C22H21NO3. The van der Waals surface area contributed by atoms with Crippen LogP contribution in [0, 0.1) is 19.8 Å². The van der Waals surface area contributed by atoms with Crippen LogP contribution in [0.25, 0.3) is 0 Å². The first-order valence-corrected chi connectivity index (χ1v) is 8.73. The van der Waals surface area contributed by atoms with Gasteiger partial charge in [0.05, 0.1) is 0 Å². The van der Waals surface area contributed by atoms with Crippen LogP contribution in [-0.4, -0.2) is 16.1 Å². The summed E-state index contributed by atoms with van der Waals surface area (Å²) in [6.07, 6.45) is 6.73. The van der Waals surface area contributed by atoms with Crippen molar-refractivity contribution in [3.63, 3.8) is 0 Å². The molecular weight excluding hydrogens is 326 g/mol. The molecule has 4 heteroatoms. The minimum absolute atomic E-state index is 0.0483. The molecule has 3 N–H and O–H groups in total. The lowest BCUT2D eigenvalue weighted by atomic mass is 9.64. The van der Waals surface area contributed by atoms with Gasteiger partial charge in [0.25, 0.3) is 0 Å². The number of aryl methyl sites for hydroxylation is 2. The fourth-order valence-corrected chi connectivity index (χ4v) is 4.19. The van der Waals surface area contributed by atoms with Gasteiger partial charge in [0, 0.05) is 11.6 Å². The number of hydrogen-bond donors (Lipinski definition) is 3. The number of carbonyl (C=O) groups excluding carboxylic acids is 1. The van der Waals surface area contributed by atoms with E-state index in [1.54, 1.807) is 12.1 Å². The standard InChI is InChI=1S/C22H21NO3/c1-13-11-15(7-9-19(13)24)22(16-8-10-20(25)14(2)12-16)17-5-3-4-6-18(17)23-21(22)26/h3-4,6-12,17,24-25H,5H2,1-2H3,(H,23,26). The first-order valence-electron chi connectivity index (χ1n) is 8.73. The average molecular weight is 347 g/mol. The van der Waals surface area contributed by atoms with Gasteiger partial charge >= 0.3 is 0 Å². The first kappa shape index (κ1) is 16.5. The maximum atomic E-state index is 13.4. The minimum Gasteiger partial charge on any atom is -0.508 e. The maximum absolute atomic E-state index is 13.4. The number of rotatable bonds is 2. The molecule has 132 valence electrons. The van der Waals surface area contributed by atoms with E-state index in [4.69, 9.17) is 0 Å². The average Bonchev–Trinajstić information content (AvgIpc) is 2.92. The van der Waals surface area contributed by atoms with Crippen LogP contribution >= 0.6 is 0 Å². The zero-order chi connectivity index (χ0) is 18.5. The van der Waals surface area contributed by atoms with Crippen LogP contribution < -0.4 is 5.32 Å². The van der Waals surface area contributed by atoms with Crippen LogP contribution in [0.1, 0.15) is 28.7 Å². The quantitative estimate of drug-likeness (QED) is 0.777. The summed E-state index contributed by atoms with van der Waals surface area (Å²) in [7, 11) is 0. The zero-order valence-corrected chi connectivity index (χ0v) is 14.8. The molecule has 2 aliphatic rings. The Bertz CT molecular complexity index is 920. The molecule has 1 heterocycles. The predicted octanol–water partition coefficient (Wildman–Crippen LogP) is 3.59. The van der Waals surface area contributed by atoms with Crippen molar-refractivity contribution in [1.29, 1.82) is 0 Å². The third-order valence-corrected chi connectivity index (χ3v) is 5.60. The molecule has 1 aliphatic heterocycles. The van der Waals surface area contributed by atoms with Gasteiger partial charge in [0.15, 0.2) is 0 Å². The summed E-state index contributed by atoms with van der Waals surface area (Å²) >= 11 is 0. The molecule has 0 spiro atoms. The van der Waals surface area contributed by atoms with Gasteiger partial charge in [-0.25, -0.2) is 0 Å². The SMILES string of the molecule is Cc1cc(C2(c3ccc(O)c(C)c3)C(=O)NC3=CC=CCC32)ccc1O. The van der Waals surface area contributed by atoms with E-state index in [2.05, 4.69) is 11.4 Å². The van der Waals surface area contributed by atoms with Crippen molar-refractivity contribution in [3.8, 4) is 11.5 Å². The number of benzene rings is 2. The van der Waals surface area contributed by atoms with E-state index >= 15 is 0 Å². The monoisotopic (exact) mass is 347 g/mol. The normalized spacial score (nSPS) is 20.5. The highest BCUT2D eigenvalue weighted by Gasteiger charge is 2.55. The maximum Gasteiger partial charge on any atom is 0.239 e. The van der Waals surface area contributed by atoms with Crippen molar-refractivity contribution < 1.29 is 15.0 Å². The molecule has 26 heavy (non-hydrogen) atoms.